The van der Waals surface area contributed by atoms with Crippen LogP contribution in [0.4, 0.5) is 0 Å². The average molecular weight is 254 g/mol. The first-order chi connectivity index (χ1) is 8.65. The number of aliphatic hydroxyl groups is 1. The molecule has 0 saturated heterocycles. The Kier molecular flexibility index (Phi) is 4.62. The summed E-state index contributed by atoms with van der Waals surface area (Å²) < 4.78 is 0. The van der Waals surface area contributed by atoms with Crippen LogP contribution in [0.2, 0.25) is 0 Å². The largest absolute Gasteiger partial charge is 0.396 e. The van der Waals surface area contributed by atoms with Gasteiger partial charge in [0.25, 0.3) is 0 Å². The van der Waals surface area contributed by atoms with E-state index in [0.717, 1.165) is 38.5 Å². The number of aliphatic hydroxyl groups excluding tert-OH is 1. The molecule has 1 amide bonds. The van der Waals surface area contributed by atoms with Gasteiger partial charge in [-0.1, -0.05) is 12.8 Å². The number of carbonyl (C=O) groups is 1. The molecule has 0 aromatic carbocycles. The lowest BCUT2D eigenvalue weighted by atomic mass is 9.84. The second kappa shape index (κ2) is 6.02. The molecule has 0 aromatic heterocycles. The minimum atomic E-state index is -0.0409. The van der Waals surface area contributed by atoms with Crippen LogP contribution in [0.15, 0.2) is 0 Å². The first-order valence-corrected chi connectivity index (χ1v) is 7.29. The maximum absolute atomic E-state index is 12.1. The van der Waals surface area contributed by atoms with Crippen molar-refractivity contribution in [2.24, 2.45) is 17.1 Å². The first kappa shape index (κ1) is 13.8. The molecule has 0 aliphatic heterocycles. The van der Waals surface area contributed by atoms with Crippen molar-refractivity contribution in [2.75, 3.05) is 13.2 Å². The van der Waals surface area contributed by atoms with Gasteiger partial charge in [0.05, 0.1) is 6.61 Å². The van der Waals surface area contributed by atoms with Gasteiger partial charge >= 0.3 is 0 Å². The van der Waals surface area contributed by atoms with Crippen molar-refractivity contribution in [3.63, 3.8) is 0 Å². The number of hydrogen-bond donors (Lipinski definition) is 3. The molecular weight excluding hydrogens is 228 g/mol. The lowest BCUT2D eigenvalue weighted by molar-refractivity contribution is -0.126. The molecule has 0 bridgehead atoms. The van der Waals surface area contributed by atoms with Gasteiger partial charge in [-0.25, -0.2) is 0 Å². The molecule has 2 rings (SSSR count). The Morgan fingerprint density at radius 3 is 2.39 bits per heavy atom. The topological polar surface area (TPSA) is 75.4 Å². The van der Waals surface area contributed by atoms with Crippen LogP contribution in [0.3, 0.4) is 0 Å². The summed E-state index contributed by atoms with van der Waals surface area (Å²) in [5.41, 5.74) is 5.81. The fourth-order valence-electron chi connectivity index (χ4n) is 3.32. The maximum atomic E-state index is 12.1. The zero-order chi connectivity index (χ0) is 13.0. The van der Waals surface area contributed by atoms with Crippen molar-refractivity contribution in [3.8, 4) is 0 Å². The van der Waals surface area contributed by atoms with Gasteiger partial charge in [0.15, 0.2) is 0 Å². The van der Waals surface area contributed by atoms with Gasteiger partial charge in [-0.05, 0) is 38.5 Å². The summed E-state index contributed by atoms with van der Waals surface area (Å²) in [7, 11) is 0. The first-order valence-electron chi connectivity index (χ1n) is 7.29. The van der Waals surface area contributed by atoms with E-state index in [0.29, 0.717) is 6.54 Å². The van der Waals surface area contributed by atoms with Gasteiger partial charge in [-0.15, -0.1) is 0 Å². The smallest absolute Gasteiger partial charge is 0.223 e. The molecule has 0 heterocycles. The Morgan fingerprint density at radius 2 is 1.83 bits per heavy atom. The summed E-state index contributed by atoms with van der Waals surface area (Å²) in [4.78, 5) is 12.1. The van der Waals surface area contributed by atoms with E-state index in [9.17, 15) is 9.90 Å². The summed E-state index contributed by atoms with van der Waals surface area (Å²) >= 11 is 0. The third kappa shape index (κ3) is 3.23. The van der Waals surface area contributed by atoms with Crippen molar-refractivity contribution in [1.82, 2.24) is 5.32 Å². The predicted molar refractivity (Wildman–Crippen MR) is 70.9 cm³/mol. The third-order valence-corrected chi connectivity index (χ3v) is 4.78. The number of hydrogen-bond acceptors (Lipinski definition) is 3. The number of nitrogens with one attached hydrogen (secondary N) is 1. The SMILES string of the molecule is NC1CCC(C(=O)NCC2(CO)CCCC2)CC1. The van der Waals surface area contributed by atoms with Gasteiger partial charge in [-0.2, -0.15) is 0 Å². The van der Waals surface area contributed by atoms with Crippen LogP contribution in [0.25, 0.3) is 0 Å². The van der Waals surface area contributed by atoms with Crippen LogP contribution < -0.4 is 11.1 Å². The number of carbonyl (C=O) groups excluding carboxylic acids is 1. The molecule has 2 saturated carbocycles. The molecule has 4 nitrogen and oxygen atoms in total. The van der Waals surface area contributed by atoms with E-state index in [1.54, 1.807) is 0 Å². The number of nitrogens with two attached hydrogens (primary N) is 1. The summed E-state index contributed by atoms with van der Waals surface area (Å²) in [6.45, 7) is 0.841. The molecule has 104 valence electrons. The van der Waals surface area contributed by atoms with Crippen molar-refractivity contribution in [1.29, 1.82) is 0 Å². The summed E-state index contributed by atoms with van der Waals surface area (Å²) in [5.74, 6) is 0.309. The molecule has 0 atom stereocenters. The quantitative estimate of drug-likeness (QED) is 0.705. The minimum absolute atomic E-state index is 0.0409. The number of amides is 1. The van der Waals surface area contributed by atoms with Crippen LogP contribution in [0, 0.1) is 11.3 Å². The Labute approximate surface area is 109 Å². The van der Waals surface area contributed by atoms with E-state index in [4.69, 9.17) is 5.73 Å². The van der Waals surface area contributed by atoms with Gasteiger partial charge < -0.3 is 16.2 Å². The Morgan fingerprint density at radius 1 is 1.22 bits per heavy atom. The van der Waals surface area contributed by atoms with Crippen LogP contribution in [0.1, 0.15) is 51.4 Å². The van der Waals surface area contributed by atoms with Gasteiger partial charge in [0.1, 0.15) is 0 Å². The highest BCUT2D eigenvalue weighted by atomic mass is 16.3. The highest BCUT2D eigenvalue weighted by Gasteiger charge is 2.34. The summed E-state index contributed by atoms with van der Waals surface area (Å²) in [6.07, 6.45) is 8.19. The number of rotatable bonds is 4. The van der Waals surface area contributed by atoms with Crippen LogP contribution in [-0.2, 0) is 4.79 Å². The molecule has 0 unspecified atom stereocenters. The van der Waals surface area contributed by atoms with E-state index in [1.165, 1.54) is 12.8 Å². The lowest BCUT2D eigenvalue weighted by Crippen LogP contribution is -2.42. The van der Waals surface area contributed by atoms with E-state index in [-0.39, 0.29) is 29.9 Å². The predicted octanol–water partition coefficient (Wildman–Crippen LogP) is 1.17. The molecule has 2 aliphatic carbocycles. The minimum Gasteiger partial charge on any atom is -0.396 e. The zero-order valence-corrected chi connectivity index (χ0v) is 11.2. The van der Waals surface area contributed by atoms with Crippen LogP contribution in [0.5, 0.6) is 0 Å². The van der Waals surface area contributed by atoms with Gasteiger partial charge in [-0.3, -0.25) is 4.79 Å². The molecular formula is C14H26N2O2. The monoisotopic (exact) mass is 254 g/mol. The van der Waals surface area contributed by atoms with Crippen LogP contribution >= 0.6 is 0 Å². The van der Waals surface area contributed by atoms with Crippen molar-refractivity contribution >= 4 is 5.91 Å². The Bertz CT molecular complexity index is 280. The van der Waals surface area contributed by atoms with Gasteiger partial charge in [0.2, 0.25) is 5.91 Å². The molecule has 2 fully saturated rings. The summed E-state index contributed by atoms with van der Waals surface area (Å²) in [5, 5.41) is 12.6. The third-order valence-electron chi connectivity index (χ3n) is 4.78. The van der Waals surface area contributed by atoms with E-state index < -0.39 is 0 Å². The molecule has 4 heteroatoms. The fourth-order valence-corrected chi connectivity index (χ4v) is 3.32. The lowest BCUT2D eigenvalue weighted by Gasteiger charge is -2.29. The molecule has 2 aliphatic rings. The molecule has 4 N–H and O–H groups in total. The van der Waals surface area contributed by atoms with E-state index in [2.05, 4.69) is 5.32 Å². The zero-order valence-electron chi connectivity index (χ0n) is 11.2. The van der Waals surface area contributed by atoms with E-state index >= 15 is 0 Å². The van der Waals surface area contributed by atoms with Crippen LogP contribution in [-0.4, -0.2) is 30.2 Å². The van der Waals surface area contributed by atoms with Gasteiger partial charge in [0, 0.05) is 23.9 Å². The summed E-state index contributed by atoms with van der Waals surface area (Å²) in [6, 6.07) is 0.285. The average Bonchev–Trinajstić information content (AvgIpc) is 2.86. The standard InChI is InChI=1S/C14H26N2O2/c15-12-5-3-11(4-6-12)13(18)16-9-14(10-17)7-1-2-8-14/h11-12,17H,1-10,15H2,(H,16,18). The highest BCUT2D eigenvalue weighted by molar-refractivity contribution is 5.78. The highest BCUT2D eigenvalue weighted by Crippen LogP contribution is 2.37. The maximum Gasteiger partial charge on any atom is 0.223 e. The van der Waals surface area contributed by atoms with Crippen molar-refractivity contribution in [3.05, 3.63) is 0 Å². The molecule has 0 radical (unpaired) electrons. The second-order valence-electron chi connectivity index (χ2n) is 6.19. The molecule has 18 heavy (non-hydrogen) atoms. The molecule has 0 spiro atoms. The second-order valence-corrected chi connectivity index (χ2v) is 6.19. The van der Waals surface area contributed by atoms with Crippen molar-refractivity contribution < 1.29 is 9.90 Å². The van der Waals surface area contributed by atoms with E-state index in [1.807, 2.05) is 0 Å². The normalized spacial score (nSPS) is 31.2. The fraction of sp³-hybridized carbons (Fsp3) is 0.929. The Hall–Kier alpha value is -0.610. The Balaban J connectivity index is 1.77. The van der Waals surface area contributed by atoms with Crippen molar-refractivity contribution in [2.45, 2.75) is 57.4 Å². The molecule has 0 aromatic rings.